The number of aromatic amines is 1. The van der Waals surface area contributed by atoms with Gasteiger partial charge in [-0.1, -0.05) is 13.8 Å². The zero-order valence-electron chi connectivity index (χ0n) is 8.34. The van der Waals surface area contributed by atoms with Gasteiger partial charge in [-0.3, -0.25) is 0 Å². The number of halogens is 1. The van der Waals surface area contributed by atoms with Crippen LogP contribution in [0.2, 0.25) is 0 Å². The molecule has 3 heteroatoms. The summed E-state index contributed by atoms with van der Waals surface area (Å²) in [5, 5.41) is 1.50. The van der Waals surface area contributed by atoms with Crippen LogP contribution in [0.5, 0.6) is 0 Å². The van der Waals surface area contributed by atoms with E-state index in [1.165, 1.54) is 5.57 Å². The zero-order chi connectivity index (χ0) is 9.87. The lowest BCUT2D eigenvalue weighted by Crippen LogP contribution is -2.34. The minimum atomic E-state index is 0.0203. The molecule has 0 saturated heterocycles. The highest BCUT2D eigenvalue weighted by Crippen LogP contribution is 2.52. The van der Waals surface area contributed by atoms with Gasteiger partial charge in [0.1, 0.15) is 5.83 Å². The molecule has 0 aliphatic heterocycles. The summed E-state index contributed by atoms with van der Waals surface area (Å²) in [4.78, 5) is 7.14. The molecule has 1 heterocycles. The molecule has 2 atom stereocenters. The number of fused-ring (bicyclic) bond motifs is 2. The van der Waals surface area contributed by atoms with Crippen molar-refractivity contribution < 1.29 is 4.39 Å². The summed E-state index contributed by atoms with van der Waals surface area (Å²) in [6.07, 6.45) is 2.57. The zero-order valence-corrected chi connectivity index (χ0v) is 8.34. The van der Waals surface area contributed by atoms with Gasteiger partial charge in [0, 0.05) is 5.92 Å². The lowest BCUT2D eigenvalue weighted by atomic mass is 9.94. The maximum atomic E-state index is 13.7. The molecule has 2 nitrogen and oxygen atoms in total. The SMILES string of the molecule is CC(C)C1=c2nc[nH]c2=C(F)C2CC12. The van der Waals surface area contributed by atoms with E-state index in [-0.39, 0.29) is 11.7 Å². The van der Waals surface area contributed by atoms with Gasteiger partial charge in [0.25, 0.3) is 0 Å². The molecule has 14 heavy (non-hydrogen) atoms. The minimum absolute atomic E-state index is 0.0203. The predicted molar refractivity (Wildman–Crippen MR) is 52.2 cm³/mol. The highest BCUT2D eigenvalue weighted by molar-refractivity contribution is 5.63. The molecule has 2 aliphatic rings. The van der Waals surface area contributed by atoms with Gasteiger partial charge in [0.05, 0.1) is 17.0 Å². The van der Waals surface area contributed by atoms with Gasteiger partial charge in [-0.2, -0.15) is 0 Å². The van der Waals surface area contributed by atoms with Crippen molar-refractivity contribution in [3.8, 4) is 0 Å². The third kappa shape index (κ3) is 0.873. The number of H-pyrrole nitrogens is 1. The van der Waals surface area contributed by atoms with E-state index in [0.29, 0.717) is 17.2 Å². The normalized spacial score (nSPS) is 29.1. The van der Waals surface area contributed by atoms with Crippen LogP contribution in [-0.4, -0.2) is 9.97 Å². The number of imidazole rings is 1. The first-order valence-corrected chi connectivity index (χ1v) is 5.13. The van der Waals surface area contributed by atoms with Crippen molar-refractivity contribution in [2.45, 2.75) is 20.3 Å². The Morgan fingerprint density at radius 3 is 3.00 bits per heavy atom. The first-order chi connectivity index (χ1) is 6.70. The van der Waals surface area contributed by atoms with Gasteiger partial charge >= 0.3 is 0 Å². The number of nitrogens with one attached hydrogen (secondary N) is 1. The second kappa shape index (κ2) is 2.47. The van der Waals surface area contributed by atoms with Crippen LogP contribution in [0.3, 0.4) is 0 Å². The van der Waals surface area contributed by atoms with Crippen molar-refractivity contribution >= 4 is 11.4 Å². The second-order valence-electron chi connectivity index (χ2n) is 4.53. The highest BCUT2D eigenvalue weighted by atomic mass is 19.1. The van der Waals surface area contributed by atoms with Crippen LogP contribution in [0, 0.1) is 17.8 Å². The Labute approximate surface area is 81.6 Å². The van der Waals surface area contributed by atoms with Gasteiger partial charge in [-0.25, -0.2) is 9.37 Å². The molecule has 2 unspecified atom stereocenters. The minimum Gasteiger partial charge on any atom is -0.342 e. The van der Waals surface area contributed by atoms with E-state index in [1.807, 2.05) is 0 Å². The molecule has 1 aromatic heterocycles. The Balaban J connectivity index is 2.41. The van der Waals surface area contributed by atoms with Crippen LogP contribution in [-0.2, 0) is 0 Å². The second-order valence-corrected chi connectivity index (χ2v) is 4.53. The van der Waals surface area contributed by atoms with E-state index in [4.69, 9.17) is 0 Å². The lowest BCUT2D eigenvalue weighted by molar-refractivity contribution is 0.655. The molecule has 1 aromatic rings. The summed E-state index contributed by atoms with van der Waals surface area (Å²) in [6, 6.07) is 0. The monoisotopic (exact) mass is 192 g/mol. The van der Waals surface area contributed by atoms with E-state index in [9.17, 15) is 4.39 Å². The fraction of sp³-hybridized carbons (Fsp3) is 0.545. The Kier molecular flexibility index (Phi) is 1.45. The van der Waals surface area contributed by atoms with Crippen LogP contribution >= 0.6 is 0 Å². The molecule has 0 amide bonds. The summed E-state index contributed by atoms with van der Waals surface area (Å²) < 4.78 is 13.7. The van der Waals surface area contributed by atoms with Crippen molar-refractivity contribution in [3.05, 3.63) is 17.0 Å². The van der Waals surface area contributed by atoms with E-state index in [0.717, 1.165) is 11.8 Å². The molecule has 2 aliphatic carbocycles. The molecule has 74 valence electrons. The summed E-state index contributed by atoms with van der Waals surface area (Å²) in [7, 11) is 0. The standard InChI is InChI=1S/C11H13FN2/c1-5(2)8-6-3-7(6)9(12)11-10(8)13-4-14-11/h4-7H,3H2,1-2H3,(H,13,14). The molecule has 0 aromatic carbocycles. The van der Waals surface area contributed by atoms with Gasteiger partial charge in [0.2, 0.25) is 0 Å². The lowest BCUT2D eigenvalue weighted by Gasteiger charge is -2.12. The van der Waals surface area contributed by atoms with Crippen molar-refractivity contribution in [2.24, 2.45) is 17.8 Å². The summed E-state index contributed by atoms with van der Waals surface area (Å²) >= 11 is 0. The number of hydrogen-bond acceptors (Lipinski definition) is 1. The number of aromatic nitrogens is 2. The number of rotatable bonds is 1. The van der Waals surface area contributed by atoms with Crippen molar-refractivity contribution in [3.63, 3.8) is 0 Å². The van der Waals surface area contributed by atoms with E-state index in [2.05, 4.69) is 23.8 Å². The molecule has 0 bridgehead atoms. The highest BCUT2D eigenvalue weighted by Gasteiger charge is 2.47. The molecular formula is C11H13FN2. The van der Waals surface area contributed by atoms with Gasteiger partial charge in [-0.15, -0.1) is 0 Å². The molecule has 0 radical (unpaired) electrons. The summed E-state index contributed by atoms with van der Waals surface area (Å²) in [5.41, 5.74) is 1.34. The predicted octanol–water partition coefficient (Wildman–Crippen LogP) is 0.944. The van der Waals surface area contributed by atoms with Gasteiger partial charge in [-0.05, 0) is 23.8 Å². The third-order valence-electron chi connectivity index (χ3n) is 3.29. The van der Waals surface area contributed by atoms with Crippen molar-refractivity contribution in [1.82, 2.24) is 9.97 Å². The van der Waals surface area contributed by atoms with E-state index >= 15 is 0 Å². The molecule has 1 N–H and O–H groups in total. The van der Waals surface area contributed by atoms with Gasteiger partial charge in [0.15, 0.2) is 0 Å². The topological polar surface area (TPSA) is 28.7 Å². The van der Waals surface area contributed by atoms with E-state index in [1.54, 1.807) is 6.33 Å². The largest absolute Gasteiger partial charge is 0.342 e. The van der Waals surface area contributed by atoms with Crippen LogP contribution < -0.4 is 10.7 Å². The van der Waals surface area contributed by atoms with Crippen molar-refractivity contribution in [2.75, 3.05) is 0 Å². The fourth-order valence-corrected chi connectivity index (χ4v) is 2.58. The van der Waals surface area contributed by atoms with Gasteiger partial charge < -0.3 is 4.98 Å². The smallest absolute Gasteiger partial charge is 0.129 e. The Morgan fingerprint density at radius 2 is 2.29 bits per heavy atom. The number of nitrogens with zero attached hydrogens (tertiary/aromatic N) is 1. The molecule has 1 saturated carbocycles. The van der Waals surface area contributed by atoms with Crippen LogP contribution in [0.1, 0.15) is 20.3 Å². The van der Waals surface area contributed by atoms with Crippen LogP contribution in [0.4, 0.5) is 4.39 Å². The first kappa shape index (κ1) is 8.21. The molecule has 0 spiro atoms. The average molecular weight is 192 g/mol. The summed E-state index contributed by atoms with van der Waals surface area (Å²) in [6.45, 7) is 4.32. The van der Waals surface area contributed by atoms with Crippen LogP contribution in [0.15, 0.2) is 6.33 Å². The molecule has 1 fully saturated rings. The number of hydrogen-bond donors (Lipinski definition) is 1. The summed E-state index contributed by atoms with van der Waals surface area (Å²) in [5.74, 6) is 1.08. The quantitative estimate of drug-likeness (QED) is 0.705. The van der Waals surface area contributed by atoms with Crippen molar-refractivity contribution in [1.29, 1.82) is 0 Å². The maximum Gasteiger partial charge on any atom is 0.129 e. The average Bonchev–Trinajstić information content (AvgIpc) is 2.74. The molecule has 3 rings (SSSR count). The third-order valence-corrected chi connectivity index (χ3v) is 3.29. The maximum absolute atomic E-state index is 13.7. The fourth-order valence-electron chi connectivity index (χ4n) is 2.58. The molecular weight excluding hydrogens is 179 g/mol. The Bertz CT molecular complexity index is 498. The Morgan fingerprint density at radius 1 is 1.50 bits per heavy atom. The van der Waals surface area contributed by atoms with E-state index < -0.39 is 0 Å². The first-order valence-electron chi connectivity index (χ1n) is 5.13. The van der Waals surface area contributed by atoms with Crippen LogP contribution in [0.25, 0.3) is 11.4 Å². The Hall–Kier alpha value is -1.12.